The molecule has 0 bridgehead atoms. The molecule has 0 aliphatic carbocycles. The van der Waals surface area contributed by atoms with Gasteiger partial charge in [-0.2, -0.15) is 0 Å². The third kappa shape index (κ3) is 2.70. The number of ether oxygens (including phenoxy) is 1. The lowest BCUT2D eigenvalue weighted by atomic mass is 10.1. The second-order valence-electron chi connectivity index (χ2n) is 4.89. The number of aromatic nitrogens is 2. The van der Waals surface area contributed by atoms with Crippen LogP contribution in [0, 0.1) is 10.1 Å². The lowest BCUT2D eigenvalue weighted by Gasteiger charge is -2.23. The van der Waals surface area contributed by atoms with Crippen LogP contribution in [0.25, 0.3) is 10.9 Å². The molecule has 1 aliphatic heterocycles. The van der Waals surface area contributed by atoms with Gasteiger partial charge in [0.25, 0.3) is 5.56 Å². The number of fused-ring (bicyclic) bond motifs is 1. The number of nitro benzene ring substituents is 1. The average Bonchev–Trinajstić information content (AvgIpc) is 2.48. The molecule has 0 unspecified atom stereocenters. The Hall–Kier alpha value is -2.48. The van der Waals surface area contributed by atoms with Gasteiger partial charge in [0.2, 0.25) is 0 Å². The molecule has 2 heterocycles. The number of rotatable bonds is 3. The first kappa shape index (κ1) is 13.5. The molecule has 8 nitrogen and oxygen atoms in total. The molecule has 3 rings (SSSR count). The van der Waals surface area contributed by atoms with Crippen molar-refractivity contribution < 1.29 is 9.66 Å². The standard InChI is InChI=1S/C13H14N4O4/c18-13-9-5-11(17(19)20)12(6-10(9)15-7-16-13)21-8-1-3-14-4-2-8/h5-8,14H,1-4H2,(H,15,16,18). The third-order valence-corrected chi connectivity index (χ3v) is 3.50. The quantitative estimate of drug-likeness (QED) is 0.643. The van der Waals surface area contributed by atoms with Crippen LogP contribution in [-0.2, 0) is 0 Å². The number of aromatic amines is 1. The first-order valence-corrected chi connectivity index (χ1v) is 6.68. The molecule has 1 saturated heterocycles. The zero-order valence-corrected chi connectivity index (χ0v) is 11.2. The Balaban J connectivity index is 2.05. The molecule has 0 saturated carbocycles. The molecule has 21 heavy (non-hydrogen) atoms. The summed E-state index contributed by atoms with van der Waals surface area (Å²) >= 11 is 0. The van der Waals surface area contributed by atoms with Crippen molar-refractivity contribution in [1.82, 2.24) is 15.3 Å². The van der Waals surface area contributed by atoms with Gasteiger partial charge in [-0.05, 0) is 25.9 Å². The van der Waals surface area contributed by atoms with Crippen molar-refractivity contribution >= 4 is 16.6 Å². The van der Waals surface area contributed by atoms with Gasteiger partial charge in [-0.3, -0.25) is 14.9 Å². The zero-order chi connectivity index (χ0) is 14.8. The maximum atomic E-state index is 11.7. The number of piperidine rings is 1. The molecule has 1 fully saturated rings. The maximum absolute atomic E-state index is 11.7. The first-order chi connectivity index (χ1) is 10.1. The van der Waals surface area contributed by atoms with Gasteiger partial charge < -0.3 is 15.0 Å². The highest BCUT2D eigenvalue weighted by molar-refractivity contribution is 5.82. The van der Waals surface area contributed by atoms with Gasteiger partial charge in [-0.25, -0.2) is 4.98 Å². The number of nitro groups is 1. The molecule has 110 valence electrons. The molecule has 0 amide bonds. The molecular formula is C13H14N4O4. The second kappa shape index (κ2) is 5.49. The van der Waals surface area contributed by atoms with E-state index in [-0.39, 0.29) is 22.9 Å². The summed E-state index contributed by atoms with van der Waals surface area (Å²) in [7, 11) is 0. The van der Waals surface area contributed by atoms with E-state index in [0.29, 0.717) is 5.52 Å². The van der Waals surface area contributed by atoms with Crippen molar-refractivity contribution in [1.29, 1.82) is 0 Å². The summed E-state index contributed by atoms with van der Waals surface area (Å²) in [5, 5.41) is 14.6. The van der Waals surface area contributed by atoms with Crippen molar-refractivity contribution in [2.45, 2.75) is 18.9 Å². The summed E-state index contributed by atoms with van der Waals surface area (Å²) in [5.74, 6) is 0.164. The Morgan fingerprint density at radius 2 is 2.10 bits per heavy atom. The van der Waals surface area contributed by atoms with E-state index in [1.807, 2.05) is 0 Å². The molecule has 0 radical (unpaired) electrons. The van der Waals surface area contributed by atoms with E-state index in [1.165, 1.54) is 18.5 Å². The van der Waals surface area contributed by atoms with E-state index in [4.69, 9.17) is 4.74 Å². The van der Waals surface area contributed by atoms with Crippen LogP contribution in [0.3, 0.4) is 0 Å². The number of benzene rings is 1. The van der Waals surface area contributed by atoms with Crippen molar-refractivity contribution in [3.63, 3.8) is 0 Å². The minimum Gasteiger partial charge on any atom is -0.483 e. The molecule has 0 spiro atoms. The largest absolute Gasteiger partial charge is 0.483 e. The molecule has 8 heteroatoms. The number of hydrogen-bond donors (Lipinski definition) is 2. The van der Waals surface area contributed by atoms with E-state index < -0.39 is 10.5 Å². The van der Waals surface area contributed by atoms with Gasteiger partial charge in [-0.15, -0.1) is 0 Å². The lowest BCUT2D eigenvalue weighted by Crippen LogP contribution is -2.34. The van der Waals surface area contributed by atoms with Crippen LogP contribution in [0.4, 0.5) is 5.69 Å². The van der Waals surface area contributed by atoms with Crippen molar-refractivity contribution in [3.05, 3.63) is 38.9 Å². The Labute approximate surface area is 119 Å². The van der Waals surface area contributed by atoms with E-state index in [2.05, 4.69) is 15.3 Å². The van der Waals surface area contributed by atoms with Gasteiger partial charge in [0.1, 0.15) is 6.10 Å². The van der Waals surface area contributed by atoms with Crippen LogP contribution < -0.4 is 15.6 Å². The van der Waals surface area contributed by atoms with Gasteiger partial charge in [-0.1, -0.05) is 0 Å². The average molecular weight is 290 g/mol. The highest BCUT2D eigenvalue weighted by Crippen LogP contribution is 2.31. The van der Waals surface area contributed by atoms with Crippen molar-refractivity contribution in [2.75, 3.05) is 13.1 Å². The van der Waals surface area contributed by atoms with Crippen LogP contribution in [0.5, 0.6) is 5.75 Å². The van der Waals surface area contributed by atoms with E-state index in [9.17, 15) is 14.9 Å². The highest BCUT2D eigenvalue weighted by atomic mass is 16.6. The minimum absolute atomic E-state index is 0.0654. The third-order valence-electron chi connectivity index (χ3n) is 3.50. The number of nitrogens with one attached hydrogen (secondary N) is 2. The number of nitrogens with zero attached hydrogens (tertiary/aromatic N) is 2. The van der Waals surface area contributed by atoms with Gasteiger partial charge in [0, 0.05) is 12.1 Å². The van der Waals surface area contributed by atoms with Crippen LogP contribution in [0.1, 0.15) is 12.8 Å². The van der Waals surface area contributed by atoms with E-state index in [0.717, 1.165) is 25.9 Å². The summed E-state index contributed by atoms with van der Waals surface area (Å²) in [6.07, 6.45) is 2.78. The molecule has 1 aromatic heterocycles. The van der Waals surface area contributed by atoms with Crippen LogP contribution in [0.2, 0.25) is 0 Å². The highest BCUT2D eigenvalue weighted by Gasteiger charge is 2.22. The van der Waals surface area contributed by atoms with Crippen molar-refractivity contribution in [3.8, 4) is 5.75 Å². The van der Waals surface area contributed by atoms with E-state index in [1.54, 1.807) is 0 Å². The smallest absolute Gasteiger partial charge is 0.311 e. The predicted octanol–water partition coefficient (Wildman–Crippen LogP) is 0.962. The monoisotopic (exact) mass is 290 g/mol. The minimum atomic E-state index is -0.539. The fraction of sp³-hybridized carbons (Fsp3) is 0.385. The topological polar surface area (TPSA) is 110 Å². The summed E-state index contributed by atoms with van der Waals surface area (Å²) < 4.78 is 5.76. The lowest BCUT2D eigenvalue weighted by molar-refractivity contribution is -0.386. The SMILES string of the molecule is O=c1[nH]cnc2cc(OC3CCNCC3)c([N+](=O)[O-])cc12. The summed E-state index contributed by atoms with van der Waals surface area (Å²) in [6, 6.07) is 2.68. The van der Waals surface area contributed by atoms with Crippen LogP contribution >= 0.6 is 0 Å². The van der Waals surface area contributed by atoms with Crippen LogP contribution in [-0.4, -0.2) is 34.1 Å². The Morgan fingerprint density at radius 3 is 2.81 bits per heavy atom. The first-order valence-electron chi connectivity index (χ1n) is 6.68. The number of hydrogen-bond acceptors (Lipinski definition) is 6. The van der Waals surface area contributed by atoms with Gasteiger partial charge >= 0.3 is 5.69 Å². The Kier molecular flexibility index (Phi) is 3.53. The van der Waals surface area contributed by atoms with Gasteiger partial charge in [0.15, 0.2) is 5.75 Å². The normalized spacial score (nSPS) is 16.0. The zero-order valence-electron chi connectivity index (χ0n) is 11.2. The number of H-pyrrole nitrogens is 1. The maximum Gasteiger partial charge on any atom is 0.311 e. The molecule has 2 N–H and O–H groups in total. The second-order valence-corrected chi connectivity index (χ2v) is 4.89. The summed E-state index contributed by atoms with van der Waals surface area (Å²) in [6.45, 7) is 1.65. The van der Waals surface area contributed by atoms with Crippen LogP contribution in [0.15, 0.2) is 23.3 Å². The van der Waals surface area contributed by atoms with Crippen molar-refractivity contribution in [2.24, 2.45) is 0 Å². The molecular weight excluding hydrogens is 276 g/mol. The molecule has 0 atom stereocenters. The Morgan fingerprint density at radius 1 is 1.33 bits per heavy atom. The molecule has 2 aromatic rings. The fourth-order valence-corrected chi connectivity index (χ4v) is 2.41. The summed E-state index contributed by atoms with van der Waals surface area (Å²) in [4.78, 5) is 28.8. The predicted molar refractivity (Wildman–Crippen MR) is 75.5 cm³/mol. The fourth-order valence-electron chi connectivity index (χ4n) is 2.41. The molecule has 1 aromatic carbocycles. The van der Waals surface area contributed by atoms with Gasteiger partial charge in [0.05, 0.1) is 22.2 Å². The Bertz CT molecular complexity index is 737. The summed E-state index contributed by atoms with van der Waals surface area (Å²) in [5.41, 5.74) is -0.232. The molecule has 1 aliphatic rings. The van der Waals surface area contributed by atoms with E-state index >= 15 is 0 Å².